The summed E-state index contributed by atoms with van der Waals surface area (Å²) in [4.78, 5) is 161. The van der Waals surface area contributed by atoms with E-state index in [4.69, 9.17) is 71.3 Å². The molecule has 0 saturated carbocycles. The van der Waals surface area contributed by atoms with Crippen molar-refractivity contribution in [2.45, 2.75) is 86.0 Å². The second-order valence-corrected chi connectivity index (χ2v) is 32.0. The number of rotatable bonds is 28. The van der Waals surface area contributed by atoms with E-state index in [9.17, 15) is 129 Å². The normalized spacial score (nSPS) is 31.1. The van der Waals surface area contributed by atoms with Crippen molar-refractivity contribution in [3.05, 3.63) is 12.2 Å². The maximum Gasteiger partial charge on any atom is 0.490 e. The van der Waals surface area contributed by atoms with Gasteiger partial charge in [0.15, 0.2) is 1.41 Å². The first-order valence-corrected chi connectivity index (χ1v) is 38.4. The molecule has 0 spiro atoms. The molecule has 19 unspecified atom stereocenters. The van der Waals surface area contributed by atoms with Crippen LogP contribution in [0.4, 0.5) is 0 Å². The van der Waals surface area contributed by atoms with Crippen LogP contribution in [0.3, 0.4) is 0 Å². The molecule has 4 rings (SSSR count). The summed E-state index contributed by atoms with van der Waals surface area (Å²) in [6.45, 7) is -2.99. The highest BCUT2D eigenvalue weighted by Crippen LogP contribution is 2.67. The topological polar surface area (TPSA) is 795 Å². The van der Waals surface area contributed by atoms with Gasteiger partial charge < -0.3 is 140 Å². The highest BCUT2D eigenvalue weighted by Gasteiger charge is 2.42. The molecule has 0 amide bonds. The molecule has 8 N–H and O–H groups in total. The van der Waals surface area contributed by atoms with Gasteiger partial charge in [-0.2, -0.15) is 8.62 Å². The predicted molar refractivity (Wildman–Crippen MR) is 242 cm³/mol. The van der Waals surface area contributed by atoms with E-state index in [0.717, 1.165) is 0 Å². The SMILES string of the molecule is [3H]N=P.[B]C1C=CC(COP(=O)(O)OP(=O)(O)OP(=O)(O)O)O1.[B]C1CC(O)C(COP(=O)([O-])OP(=O)([O-])OP(=O)([O-])[O-])O1.[B]C1CCC(COP(=O)([O-])OP(=O)([O-])OP(=O)([O-])[O-])O1.[B]C1OC(COP(=O)([O-])OP(=O)([O-])OP(=O)([O-])[O-])C(O)C1O. The fraction of sp³-hybridized carbons (Fsp3) is 0.900. The molecule has 48 nitrogen and oxygen atoms in total. The molecule has 4 aliphatic rings. The molecular formula is C20H36B4NO47P13-12. The maximum absolute atomic E-state index is 11.3. The van der Waals surface area contributed by atoms with Crippen molar-refractivity contribution in [1.29, 1.82) is 5.15 Å². The zero-order valence-corrected chi connectivity index (χ0v) is 52.3. The fourth-order valence-electron chi connectivity index (χ4n) is 5.13. The van der Waals surface area contributed by atoms with E-state index in [1.54, 1.807) is 0 Å². The zero-order chi connectivity index (χ0) is 67.7. The Labute approximate surface area is 484 Å². The van der Waals surface area contributed by atoms with Gasteiger partial charge in [-0.1, -0.05) is 12.2 Å². The number of ether oxygens (including phenoxy) is 4. The predicted octanol–water partition coefficient (Wildman–Crippen LogP) is -9.99. The molecule has 4 heterocycles. The minimum absolute atomic E-state index is 0.00323. The van der Waals surface area contributed by atoms with E-state index in [1.807, 2.05) is 0 Å². The Morgan fingerprint density at radius 3 is 1.21 bits per heavy atom. The number of phosphoric acid groups is 12. The number of aliphatic hydroxyl groups is 3. The van der Waals surface area contributed by atoms with Crippen LogP contribution >= 0.6 is 103 Å². The van der Waals surface area contributed by atoms with E-state index in [2.05, 4.69) is 66.8 Å². The average Bonchev–Trinajstić information content (AvgIpc) is 4.11. The van der Waals surface area contributed by atoms with Gasteiger partial charge in [0, 0.05) is 24.0 Å². The average molecular weight is 1490 g/mol. The Balaban J connectivity index is 0.00000110. The molecule has 19 atom stereocenters. The molecule has 492 valence electrons. The molecule has 0 bridgehead atoms. The summed E-state index contributed by atoms with van der Waals surface area (Å²) < 4.78 is 196. The van der Waals surface area contributed by atoms with Gasteiger partial charge in [0.1, 0.15) is 49.7 Å². The van der Waals surface area contributed by atoms with E-state index in [0.29, 0.717) is 12.8 Å². The maximum atomic E-state index is 11.3. The number of hydrogen-bond acceptors (Lipinski definition) is 44. The van der Waals surface area contributed by atoms with Crippen LogP contribution in [0.25, 0.3) is 0 Å². The molecule has 0 aromatic carbocycles. The smallest absolute Gasteiger partial charge is 0.490 e. The van der Waals surface area contributed by atoms with Gasteiger partial charge in [0.2, 0.25) is 0 Å². The second-order valence-electron chi connectivity index (χ2n) is 14.8. The van der Waals surface area contributed by atoms with Crippen molar-refractivity contribution in [3.8, 4) is 0 Å². The molecule has 0 aromatic rings. The van der Waals surface area contributed by atoms with Gasteiger partial charge in [-0.05, 0) is 28.3 Å². The Bertz CT molecular complexity index is 2820. The molecule has 0 aromatic heterocycles. The van der Waals surface area contributed by atoms with Crippen LogP contribution in [0.5, 0.6) is 0 Å². The number of hydrogen-bond donors (Lipinski definition) is 8. The van der Waals surface area contributed by atoms with Gasteiger partial charge in [-0.3, -0.25) is 50.0 Å². The summed E-state index contributed by atoms with van der Waals surface area (Å²) in [6.07, 6.45) is -4.72. The van der Waals surface area contributed by atoms with Crippen molar-refractivity contribution in [2.24, 2.45) is 0 Å². The van der Waals surface area contributed by atoms with Crippen LogP contribution in [0.15, 0.2) is 12.2 Å². The minimum Gasteiger partial charge on any atom is -0.790 e. The monoisotopic (exact) mass is 1490 g/mol. The summed E-state index contributed by atoms with van der Waals surface area (Å²) in [6, 6.07) is -3.50. The molecular weight excluding hydrogens is 1450 g/mol. The third-order valence-corrected chi connectivity index (χ3v) is 22.7. The summed E-state index contributed by atoms with van der Waals surface area (Å²) in [5.41, 5.74) is 0. The number of nitrogens with one attached hydrogen (secondary N) is 1. The van der Waals surface area contributed by atoms with Gasteiger partial charge >= 0.3 is 23.5 Å². The largest absolute Gasteiger partial charge is 0.790 e. The summed E-state index contributed by atoms with van der Waals surface area (Å²) >= 11 is 0. The van der Waals surface area contributed by atoms with Crippen LogP contribution < -0.4 is 58.7 Å². The minimum atomic E-state index is -6.07. The van der Waals surface area contributed by atoms with Gasteiger partial charge in [-0.25, -0.2) is 26.6 Å². The Kier molecular flexibility index (Phi) is 35.1. The Hall–Kier alpha value is 1.46. The summed E-state index contributed by atoms with van der Waals surface area (Å²) in [5.74, 6) is 0. The lowest BCUT2D eigenvalue weighted by molar-refractivity contribution is -0.342. The van der Waals surface area contributed by atoms with E-state index < -0.39 is 187 Å². The van der Waals surface area contributed by atoms with Crippen LogP contribution in [0.2, 0.25) is 1.41 Å². The lowest BCUT2D eigenvalue weighted by Crippen LogP contribution is -2.34. The van der Waals surface area contributed by atoms with Crippen LogP contribution in [-0.2, 0) is 126 Å². The first-order valence-electron chi connectivity index (χ1n) is 20.8. The summed E-state index contributed by atoms with van der Waals surface area (Å²) in [5, 5.41) is 30.5. The van der Waals surface area contributed by atoms with Crippen LogP contribution in [-0.4, -0.2) is 159 Å². The van der Waals surface area contributed by atoms with E-state index >= 15 is 0 Å². The molecule has 8 radical (unpaired) electrons. The zero-order valence-electron chi connectivity index (χ0n) is 41.5. The van der Waals surface area contributed by atoms with Crippen molar-refractivity contribution in [2.75, 3.05) is 26.4 Å². The fourth-order valence-corrected chi connectivity index (χ4v) is 16.8. The lowest BCUT2D eigenvalue weighted by atomic mass is 9.93. The van der Waals surface area contributed by atoms with Gasteiger partial charge in [0.25, 0.3) is 46.9 Å². The first-order chi connectivity index (χ1) is 38.2. The third-order valence-electron chi connectivity index (χ3n) is 7.87. The lowest BCUT2D eigenvalue weighted by Gasteiger charge is -2.37. The van der Waals surface area contributed by atoms with Crippen LogP contribution in [0, 0.1) is 5.15 Å². The van der Waals surface area contributed by atoms with Crippen molar-refractivity contribution < 1.29 is 221 Å². The molecule has 3 fully saturated rings. The molecule has 65 heteroatoms. The second kappa shape index (κ2) is 35.3. The highest BCUT2D eigenvalue weighted by atomic mass is 31.3. The van der Waals surface area contributed by atoms with Gasteiger partial charge in [-0.15, -0.1) is 0 Å². The first kappa shape index (κ1) is 84.5. The van der Waals surface area contributed by atoms with E-state index in [1.165, 1.54) is 12.2 Å². The van der Waals surface area contributed by atoms with Crippen molar-refractivity contribution >= 4 is 134 Å². The Morgan fingerprint density at radius 2 is 0.894 bits per heavy atom. The highest BCUT2D eigenvalue weighted by molar-refractivity contribution is 7.67. The number of phosphoric ester groups is 4. The standard InChI is InChI=1S/C5H12BO13P3.C5H12BO12P3.C5H12BO11P3.C5H10BO11P3.H2NP/c6-5-4(8)3(7)2(17-5)1-16-21(12,13)19-22(14,15)18-20(9,10)11;6-5-1-3(7)4(16-5)2-15-20(11,12)18-21(13,14)17-19(8,9)10;2*6-5-2-1-4(15-5)3-14-19(10,11)17-20(12,13)16-18(7,8)9;1-2/h2-5,7-8H,1H2,(H,12,13)(H,14,15)(H2,9,10,11);3-5,7H,1-2H2,(H,11,12)(H,13,14)(H2,8,9,10);4-5H,1-3H2,(H,10,11)(H,12,13)(H2,7,8,9);1-2,4-5H,3H2,(H,10,11)(H,12,13)(H2,7,8,9);1-2H/p-12/i/hT. The van der Waals surface area contributed by atoms with Gasteiger partial charge in [0.05, 0.1) is 74.3 Å². The molecule has 0 aliphatic carbocycles. The molecule has 3 saturated heterocycles. The third kappa shape index (κ3) is 41.7. The molecule has 4 aliphatic heterocycles. The van der Waals surface area contributed by atoms with Crippen molar-refractivity contribution in [1.82, 2.24) is 0 Å². The molecule has 85 heavy (non-hydrogen) atoms. The summed E-state index contributed by atoms with van der Waals surface area (Å²) in [7, 11) is -45.1. The van der Waals surface area contributed by atoms with Crippen molar-refractivity contribution in [3.63, 3.8) is 0 Å². The number of aliphatic hydroxyl groups excluding tert-OH is 3. The quantitative estimate of drug-likeness (QED) is 0.0205. The van der Waals surface area contributed by atoms with Crippen LogP contribution in [0.1, 0.15) is 19.3 Å². The van der Waals surface area contributed by atoms with E-state index in [-0.39, 0.29) is 6.42 Å². The Morgan fingerprint density at radius 1 is 0.482 bits per heavy atom.